The van der Waals surface area contributed by atoms with Gasteiger partial charge in [-0.1, -0.05) is 55.9 Å². The van der Waals surface area contributed by atoms with Gasteiger partial charge in [0.25, 0.3) is 0 Å². The van der Waals surface area contributed by atoms with Gasteiger partial charge in [-0.15, -0.1) is 5.54 Å². The van der Waals surface area contributed by atoms with Crippen molar-refractivity contribution in [3.63, 3.8) is 0 Å². The first kappa shape index (κ1) is 14.6. The van der Waals surface area contributed by atoms with Crippen LogP contribution in [0.15, 0.2) is 45.6 Å². The molecule has 3 heteroatoms. The van der Waals surface area contributed by atoms with E-state index in [1.807, 2.05) is 31.2 Å². The molecule has 1 heterocycles. The van der Waals surface area contributed by atoms with Crippen LogP contribution in [-0.2, 0) is 0 Å². The van der Waals surface area contributed by atoms with Gasteiger partial charge >= 0.3 is 5.63 Å². The Labute approximate surface area is 131 Å². The lowest BCUT2D eigenvalue weighted by atomic mass is 10.1. The Morgan fingerprint density at radius 1 is 1.05 bits per heavy atom. The lowest BCUT2D eigenvalue weighted by Gasteiger charge is -2.03. The lowest BCUT2D eigenvalue weighted by Crippen LogP contribution is -2.16. The molecule has 1 aromatic rings. The molecule has 2 aliphatic rings. The molecule has 0 amide bonds. The molecule has 0 radical (unpaired) electrons. The molecule has 0 aromatic carbocycles. The molecular formula is C19H18O2Si. The van der Waals surface area contributed by atoms with Gasteiger partial charge in [0.1, 0.15) is 8.07 Å². The largest absolute Gasteiger partial charge is 0.421 e. The van der Waals surface area contributed by atoms with Crippen molar-refractivity contribution >= 4 is 19.0 Å². The van der Waals surface area contributed by atoms with Gasteiger partial charge in [0.05, 0.1) is 5.56 Å². The smallest absolute Gasteiger partial charge is 0.336 e. The minimum absolute atomic E-state index is 0.319. The van der Waals surface area contributed by atoms with Crippen LogP contribution in [0.5, 0.6) is 0 Å². The van der Waals surface area contributed by atoms with Gasteiger partial charge < -0.3 is 4.42 Å². The van der Waals surface area contributed by atoms with Crippen LogP contribution in [0.2, 0.25) is 19.6 Å². The van der Waals surface area contributed by atoms with Crippen LogP contribution in [0.1, 0.15) is 11.1 Å². The quantitative estimate of drug-likeness (QED) is 0.454. The summed E-state index contributed by atoms with van der Waals surface area (Å²) in [5.41, 5.74) is 7.59. The molecule has 1 aromatic heterocycles. The SMILES string of the molecule is Cc1cc(=O)oc2c(C#C[Si](C)(C)C)c3cccccc-3c12. The number of rotatable bonds is 0. The van der Waals surface area contributed by atoms with Crippen molar-refractivity contribution < 1.29 is 4.42 Å². The summed E-state index contributed by atoms with van der Waals surface area (Å²) >= 11 is 0. The van der Waals surface area contributed by atoms with E-state index in [4.69, 9.17) is 4.42 Å². The maximum absolute atomic E-state index is 11.8. The highest BCUT2D eigenvalue weighted by Crippen LogP contribution is 2.38. The predicted octanol–water partition coefficient (Wildman–Crippen LogP) is 4.44. The summed E-state index contributed by atoms with van der Waals surface area (Å²) in [7, 11) is -1.52. The highest BCUT2D eigenvalue weighted by molar-refractivity contribution is 6.83. The second-order valence-corrected chi connectivity index (χ2v) is 11.3. The summed E-state index contributed by atoms with van der Waals surface area (Å²) in [6.07, 6.45) is 0. The third-order valence-electron chi connectivity index (χ3n) is 3.52. The van der Waals surface area contributed by atoms with E-state index in [0.717, 1.165) is 27.6 Å². The second-order valence-electron chi connectivity index (χ2n) is 6.57. The zero-order valence-electron chi connectivity index (χ0n) is 13.3. The predicted molar refractivity (Wildman–Crippen MR) is 94.1 cm³/mol. The van der Waals surface area contributed by atoms with E-state index in [-0.39, 0.29) is 5.63 Å². The Morgan fingerprint density at radius 2 is 1.73 bits per heavy atom. The monoisotopic (exact) mass is 306 g/mol. The molecular weight excluding hydrogens is 288 g/mol. The zero-order valence-corrected chi connectivity index (χ0v) is 14.3. The van der Waals surface area contributed by atoms with Crippen molar-refractivity contribution in [3.05, 3.63) is 57.9 Å². The van der Waals surface area contributed by atoms with Crippen molar-refractivity contribution in [3.8, 4) is 22.6 Å². The van der Waals surface area contributed by atoms with Crippen LogP contribution in [0.4, 0.5) is 0 Å². The lowest BCUT2D eigenvalue weighted by molar-refractivity contribution is 0.560. The third-order valence-corrected chi connectivity index (χ3v) is 4.40. The Kier molecular flexibility index (Phi) is 3.42. The van der Waals surface area contributed by atoms with Crippen molar-refractivity contribution in [1.29, 1.82) is 0 Å². The molecule has 0 saturated carbocycles. The molecule has 0 unspecified atom stereocenters. The first-order valence-corrected chi connectivity index (χ1v) is 10.9. The van der Waals surface area contributed by atoms with Crippen LogP contribution >= 0.6 is 0 Å². The van der Waals surface area contributed by atoms with E-state index >= 15 is 0 Å². The maximum Gasteiger partial charge on any atom is 0.336 e. The molecule has 0 saturated heterocycles. The number of hydrogen-bond donors (Lipinski definition) is 0. The summed E-state index contributed by atoms with van der Waals surface area (Å²) in [6, 6.07) is 11.6. The van der Waals surface area contributed by atoms with Crippen LogP contribution in [0.3, 0.4) is 0 Å². The van der Waals surface area contributed by atoms with Gasteiger partial charge in [-0.25, -0.2) is 4.79 Å². The van der Waals surface area contributed by atoms with E-state index in [1.54, 1.807) is 6.07 Å². The Hall–Kier alpha value is -2.31. The summed E-state index contributed by atoms with van der Waals surface area (Å²) < 4.78 is 5.51. The molecule has 0 atom stereocenters. The molecule has 0 fully saturated rings. The van der Waals surface area contributed by atoms with Crippen molar-refractivity contribution in [1.82, 2.24) is 0 Å². The van der Waals surface area contributed by atoms with Crippen LogP contribution in [0, 0.1) is 18.4 Å². The zero-order chi connectivity index (χ0) is 15.9. The maximum atomic E-state index is 11.8. The molecule has 3 rings (SSSR count). The topological polar surface area (TPSA) is 30.2 Å². The normalized spacial score (nSPS) is 11.5. The van der Waals surface area contributed by atoms with E-state index in [9.17, 15) is 4.79 Å². The van der Waals surface area contributed by atoms with E-state index in [1.165, 1.54) is 0 Å². The third kappa shape index (κ3) is 2.58. The first-order chi connectivity index (χ1) is 10.4. The average Bonchev–Trinajstić information content (AvgIpc) is 2.56. The van der Waals surface area contributed by atoms with Gasteiger partial charge in [-0.05, 0) is 18.1 Å². The second kappa shape index (κ2) is 5.15. The Balaban J connectivity index is 2.48. The van der Waals surface area contributed by atoms with Gasteiger partial charge in [0.15, 0.2) is 5.58 Å². The van der Waals surface area contributed by atoms with Crippen LogP contribution in [0.25, 0.3) is 22.1 Å². The average molecular weight is 306 g/mol. The molecule has 0 aliphatic heterocycles. The highest BCUT2D eigenvalue weighted by atomic mass is 28.3. The Bertz CT molecular complexity index is 949. The fourth-order valence-electron chi connectivity index (χ4n) is 2.60. The Morgan fingerprint density at radius 3 is 2.41 bits per heavy atom. The van der Waals surface area contributed by atoms with Crippen molar-refractivity contribution in [2.45, 2.75) is 26.6 Å². The van der Waals surface area contributed by atoms with Crippen LogP contribution < -0.4 is 5.63 Å². The molecule has 0 bridgehead atoms. The molecule has 0 N–H and O–H groups in total. The first-order valence-electron chi connectivity index (χ1n) is 7.35. The van der Waals surface area contributed by atoms with Gasteiger partial charge in [0.2, 0.25) is 0 Å². The molecule has 110 valence electrons. The summed E-state index contributed by atoms with van der Waals surface area (Å²) in [5, 5.41) is 0.991. The van der Waals surface area contributed by atoms with Crippen molar-refractivity contribution in [2.75, 3.05) is 0 Å². The molecule has 22 heavy (non-hydrogen) atoms. The van der Waals surface area contributed by atoms with E-state index < -0.39 is 8.07 Å². The number of fused-ring (bicyclic) bond motifs is 3. The summed E-state index contributed by atoms with van der Waals surface area (Å²) in [6.45, 7) is 8.56. The van der Waals surface area contributed by atoms with Gasteiger partial charge in [-0.2, -0.15) is 0 Å². The fraction of sp³-hybridized carbons (Fsp3) is 0.211. The minimum atomic E-state index is -1.52. The van der Waals surface area contributed by atoms with Crippen molar-refractivity contribution in [2.24, 2.45) is 0 Å². The van der Waals surface area contributed by atoms with Gasteiger partial charge in [0, 0.05) is 17.0 Å². The number of aryl methyl sites for hydroxylation is 1. The standard InChI is InChI=1S/C19H18O2Si/c1-13-12-17(20)21-19-16(10-11-22(2,3)4)14-8-6-5-7-9-15(14)18(13)19/h5-9,12H,1-4H3. The van der Waals surface area contributed by atoms with Gasteiger partial charge in [-0.3, -0.25) is 0 Å². The summed E-state index contributed by atoms with van der Waals surface area (Å²) in [4.78, 5) is 11.8. The van der Waals surface area contributed by atoms with Crippen LogP contribution in [-0.4, -0.2) is 8.07 Å². The molecule has 2 nitrogen and oxygen atoms in total. The molecule has 0 spiro atoms. The summed E-state index contributed by atoms with van der Waals surface area (Å²) in [5.74, 6) is 3.30. The van der Waals surface area contributed by atoms with E-state index in [0.29, 0.717) is 5.58 Å². The number of hydrogen-bond acceptors (Lipinski definition) is 2. The highest BCUT2D eigenvalue weighted by Gasteiger charge is 2.20. The fourth-order valence-corrected chi connectivity index (χ4v) is 3.10. The van der Waals surface area contributed by atoms with E-state index in [2.05, 4.69) is 37.2 Å². The minimum Gasteiger partial charge on any atom is -0.421 e. The molecule has 2 aliphatic carbocycles.